The van der Waals surface area contributed by atoms with E-state index in [-0.39, 0.29) is 5.91 Å². The summed E-state index contributed by atoms with van der Waals surface area (Å²) < 4.78 is 13.5. The van der Waals surface area contributed by atoms with Gasteiger partial charge in [-0.2, -0.15) is 0 Å². The molecule has 0 aliphatic carbocycles. The minimum atomic E-state index is -0.106. The molecule has 1 aromatic heterocycles. The van der Waals surface area contributed by atoms with Crippen molar-refractivity contribution in [3.8, 4) is 22.6 Å². The Bertz CT molecular complexity index is 1460. The fraction of sp³-hybridized carbons (Fsp3) is 0.233. The molecule has 3 heterocycles. The van der Waals surface area contributed by atoms with E-state index >= 15 is 0 Å². The summed E-state index contributed by atoms with van der Waals surface area (Å²) >= 11 is 0. The van der Waals surface area contributed by atoms with Gasteiger partial charge in [-0.1, -0.05) is 30.3 Å². The maximum Gasteiger partial charge on any atom is 0.257 e. The summed E-state index contributed by atoms with van der Waals surface area (Å²) in [5.74, 6) is 1.57. The zero-order valence-electron chi connectivity index (χ0n) is 20.4. The molecule has 3 aromatic carbocycles. The summed E-state index contributed by atoms with van der Waals surface area (Å²) in [4.78, 5) is 15.4. The first-order valence-corrected chi connectivity index (χ1v) is 12.5. The molecule has 1 saturated heterocycles. The number of fused-ring (bicyclic) bond motifs is 2. The molecule has 0 spiro atoms. The van der Waals surface area contributed by atoms with Gasteiger partial charge in [-0.3, -0.25) is 9.69 Å². The van der Waals surface area contributed by atoms with Crippen molar-refractivity contribution in [3.05, 3.63) is 78.5 Å². The molecule has 0 saturated carbocycles. The molecule has 1 fully saturated rings. The van der Waals surface area contributed by atoms with E-state index in [1.165, 1.54) is 25.9 Å². The Hall–Kier alpha value is -4.03. The summed E-state index contributed by atoms with van der Waals surface area (Å²) in [7, 11) is 1.67. The van der Waals surface area contributed by atoms with E-state index in [1.54, 1.807) is 7.11 Å². The number of para-hydroxylation sites is 1. The predicted octanol–water partition coefficient (Wildman–Crippen LogP) is 5.74. The molecule has 1 amide bonds. The Morgan fingerprint density at radius 2 is 1.83 bits per heavy atom. The zero-order chi connectivity index (χ0) is 24.5. The molecule has 36 heavy (non-hydrogen) atoms. The van der Waals surface area contributed by atoms with Crippen molar-refractivity contribution >= 4 is 34.3 Å². The van der Waals surface area contributed by atoms with Gasteiger partial charge in [0.25, 0.3) is 5.91 Å². The molecule has 2 aliphatic heterocycles. The van der Waals surface area contributed by atoms with Crippen molar-refractivity contribution in [1.29, 1.82) is 0 Å². The highest BCUT2D eigenvalue weighted by atomic mass is 16.5. The highest BCUT2D eigenvalue weighted by Crippen LogP contribution is 2.38. The molecule has 6 rings (SSSR count). The second-order valence-electron chi connectivity index (χ2n) is 9.30. The fourth-order valence-corrected chi connectivity index (χ4v) is 5.16. The first-order chi connectivity index (χ1) is 17.7. The predicted molar refractivity (Wildman–Crippen MR) is 144 cm³/mol. The number of benzene rings is 3. The molecule has 1 N–H and O–H groups in total. The molecule has 182 valence electrons. The first kappa shape index (κ1) is 22.4. The summed E-state index contributed by atoms with van der Waals surface area (Å²) in [6, 6.07) is 22.1. The quantitative estimate of drug-likeness (QED) is 0.344. The van der Waals surface area contributed by atoms with Gasteiger partial charge in [-0.05, 0) is 67.9 Å². The normalized spacial score (nSPS) is 16.5. The van der Waals surface area contributed by atoms with Crippen LogP contribution in [0.3, 0.4) is 0 Å². The standard InChI is InChI=1S/C30H29N3O3/c1-35-29-7-3-2-6-24(29)21-8-10-25-26(30(34)31-27(25)19-21)20-33-15-12-22-18-23(9-11-28(22)33)36-17-16-32-13-4-5-14-32/h2-3,6-12,15,18-20H,4-5,13-14,16-17H2,1H3,(H,31,34). The molecule has 6 nitrogen and oxygen atoms in total. The van der Waals surface area contributed by atoms with E-state index in [0.29, 0.717) is 12.2 Å². The molecular formula is C30H29N3O3. The summed E-state index contributed by atoms with van der Waals surface area (Å²) in [5, 5.41) is 4.10. The molecule has 2 aliphatic rings. The smallest absolute Gasteiger partial charge is 0.257 e. The van der Waals surface area contributed by atoms with Crippen LogP contribution in [0.5, 0.6) is 11.5 Å². The molecular weight excluding hydrogens is 450 g/mol. The minimum absolute atomic E-state index is 0.106. The van der Waals surface area contributed by atoms with Crippen LogP contribution in [-0.4, -0.2) is 48.7 Å². The van der Waals surface area contributed by atoms with Crippen molar-refractivity contribution < 1.29 is 14.3 Å². The van der Waals surface area contributed by atoms with Crippen LogP contribution in [0.15, 0.2) is 72.9 Å². The third-order valence-corrected chi connectivity index (χ3v) is 7.06. The molecule has 0 atom stereocenters. The Morgan fingerprint density at radius 3 is 2.69 bits per heavy atom. The number of aromatic nitrogens is 1. The summed E-state index contributed by atoms with van der Waals surface area (Å²) in [6.07, 6.45) is 6.47. The maximum absolute atomic E-state index is 12.9. The topological polar surface area (TPSA) is 55.7 Å². The van der Waals surface area contributed by atoms with Gasteiger partial charge in [-0.25, -0.2) is 0 Å². The number of anilines is 1. The number of hydrogen-bond donors (Lipinski definition) is 1. The number of carbonyl (C=O) groups excluding carboxylic acids is 1. The first-order valence-electron chi connectivity index (χ1n) is 12.5. The number of likely N-dealkylation sites (tertiary alicyclic amines) is 1. The van der Waals surface area contributed by atoms with E-state index in [0.717, 1.165) is 51.3 Å². The van der Waals surface area contributed by atoms with Gasteiger partial charge in [0.15, 0.2) is 0 Å². The molecule has 0 radical (unpaired) electrons. The van der Waals surface area contributed by atoms with Gasteiger partial charge in [-0.15, -0.1) is 0 Å². The van der Waals surface area contributed by atoms with Crippen molar-refractivity contribution in [2.24, 2.45) is 0 Å². The third kappa shape index (κ3) is 4.25. The van der Waals surface area contributed by atoms with Crippen molar-refractivity contribution in [2.45, 2.75) is 12.8 Å². The fourth-order valence-electron chi connectivity index (χ4n) is 5.16. The SMILES string of the molecule is COc1ccccc1-c1ccc2c(c1)NC(=O)C2=Cn1ccc2cc(OCCN3CCCC3)ccc21. The molecule has 0 bridgehead atoms. The minimum Gasteiger partial charge on any atom is -0.496 e. The second kappa shape index (κ2) is 9.55. The van der Waals surface area contributed by atoms with E-state index < -0.39 is 0 Å². The summed E-state index contributed by atoms with van der Waals surface area (Å²) in [5.41, 5.74) is 5.35. The third-order valence-electron chi connectivity index (χ3n) is 7.06. The Balaban J connectivity index is 1.24. The van der Waals surface area contributed by atoms with Crippen LogP contribution in [0, 0.1) is 0 Å². The Labute approximate surface area is 210 Å². The lowest BCUT2D eigenvalue weighted by Gasteiger charge is -2.15. The molecule has 4 aromatic rings. The van der Waals surface area contributed by atoms with E-state index in [9.17, 15) is 4.79 Å². The van der Waals surface area contributed by atoms with Crippen LogP contribution in [-0.2, 0) is 4.79 Å². The van der Waals surface area contributed by atoms with Crippen LogP contribution in [0.25, 0.3) is 33.8 Å². The van der Waals surface area contributed by atoms with Crippen molar-refractivity contribution in [1.82, 2.24) is 9.47 Å². The highest BCUT2D eigenvalue weighted by Gasteiger charge is 2.25. The van der Waals surface area contributed by atoms with Crippen LogP contribution >= 0.6 is 0 Å². The van der Waals surface area contributed by atoms with Crippen molar-refractivity contribution in [2.75, 3.05) is 38.7 Å². The number of methoxy groups -OCH3 is 1. The van der Waals surface area contributed by atoms with E-state index in [1.807, 2.05) is 65.5 Å². The van der Waals surface area contributed by atoms with Crippen molar-refractivity contribution in [3.63, 3.8) is 0 Å². The number of nitrogens with zero attached hydrogens (tertiary/aromatic N) is 2. The number of ether oxygens (including phenoxy) is 2. The summed E-state index contributed by atoms with van der Waals surface area (Å²) in [6.45, 7) is 4.03. The lowest BCUT2D eigenvalue weighted by molar-refractivity contribution is -0.110. The average molecular weight is 480 g/mol. The number of rotatable bonds is 7. The monoisotopic (exact) mass is 479 g/mol. The van der Waals surface area contributed by atoms with Gasteiger partial charge in [0.05, 0.1) is 18.2 Å². The van der Waals surface area contributed by atoms with E-state index in [2.05, 4.69) is 28.4 Å². The van der Waals surface area contributed by atoms with Gasteiger partial charge in [0.2, 0.25) is 0 Å². The number of amides is 1. The Kier molecular flexibility index (Phi) is 5.95. The van der Waals surface area contributed by atoms with Crippen LogP contribution in [0.2, 0.25) is 0 Å². The van der Waals surface area contributed by atoms with Gasteiger partial charge in [0.1, 0.15) is 18.1 Å². The van der Waals surface area contributed by atoms with Gasteiger partial charge >= 0.3 is 0 Å². The van der Waals surface area contributed by atoms with Gasteiger partial charge < -0.3 is 19.4 Å². The van der Waals surface area contributed by atoms with Gasteiger partial charge in [0, 0.05) is 41.1 Å². The number of carbonyl (C=O) groups is 1. The maximum atomic E-state index is 12.9. The lowest BCUT2D eigenvalue weighted by Crippen LogP contribution is -2.25. The van der Waals surface area contributed by atoms with Crippen LogP contribution < -0.4 is 14.8 Å². The highest BCUT2D eigenvalue weighted by molar-refractivity contribution is 6.34. The molecule has 6 heteroatoms. The lowest BCUT2D eigenvalue weighted by atomic mass is 10.00. The number of hydrogen-bond acceptors (Lipinski definition) is 4. The van der Waals surface area contributed by atoms with Crippen LogP contribution in [0.1, 0.15) is 18.4 Å². The molecule has 0 unspecified atom stereocenters. The van der Waals surface area contributed by atoms with Crippen LogP contribution in [0.4, 0.5) is 5.69 Å². The second-order valence-corrected chi connectivity index (χ2v) is 9.30. The largest absolute Gasteiger partial charge is 0.496 e. The number of nitrogens with one attached hydrogen (secondary N) is 1. The Morgan fingerprint density at radius 1 is 0.972 bits per heavy atom. The zero-order valence-corrected chi connectivity index (χ0v) is 20.4. The average Bonchev–Trinajstić information content (AvgIpc) is 3.64. The van der Waals surface area contributed by atoms with E-state index in [4.69, 9.17) is 9.47 Å².